The van der Waals surface area contributed by atoms with Crippen molar-refractivity contribution in [1.82, 2.24) is 20.4 Å². The van der Waals surface area contributed by atoms with Gasteiger partial charge < -0.3 is 15.4 Å². The SMILES string of the molecule is CCOCCC1(CNC(=O)[C@H]2CNC[C@@H]2c2cnn(C)c2)CCC1.Cl. The van der Waals surface area contributed by atoms with Gasteiger partial charge in [0.2, 0.25) is 5.91 Å². The van der Waals surface area contributed by atoms with E-state index in [4.69, 9.17) is 4.74 Å². The van der Waals surface area contributed by atoms with Crippen molar-refractivity contribution in [2.75, 3.05) is 32.8 Å². The maximum absolute atomic E-state index is 12.7. The number of hydrogen-bond acceptors (Lipinski definition) is 4. The molecule has 2 heterocycles. The summed E-state index contributed by atoms with van der Waals surface area (Å²) in [6.07, 6.45) is 8.63. The number of amides is 1. The second kappa shape index (κ2) is 9.01. The van der Waals surface area contributed by atoms with Gasteiger partial charge in [-0.3, -0.25) is 9.48 Å². The summed E-state index contributed by atoms with van der Waals surface area (Å²) in [5.41, 5.74) is 1.41. The monoisotopic (exact) mass is 370 g/mol. The van der Waals surface area contributed by atoms with Crippen LogP contribution in [-0.4, -0.2) is 48.5 Å². The van der Waals surface area contributed by atoms with Gasteiger partial charge in [0, 0.05) is 52.0 Å². The molecular weight excluding hydrogens is 340 g/mol. The van der Waals surface area contributed by atoms with Crippen LogP contribution in [0.25, 0.3) is 0 Å². The van der Waals surface area contributed by atoms with E-state index in [1.807, 2.05) is 26.4 Å². The van der Waals surface area contributed by atoms with E-state index < -0.39 is 0 Å². The number of halogens is 1. The summed E-state index contributed by atoms with van der Waals surface area (Å²) in [5, 5.41) is 10.8. The first-order valence-corrected chi connectivity index (χ1v) is 9.18. The molecule has 7 heteroatoms. The molecule has 1 aliphatic carbocycles. The molecule has 3 rings (SSSR count). The molecule has 0 spiro atoms. The van der Waals surface area contributed by atoms with Crippen LogP contribution >= 0.6 is 12.4 Å². The fraction of sp³-hybridized carbons (Fsp3) is 0.778. The molecule has 142 valence electrons. The molecule has 2 atom stereocenters. The van der Waals surface area contributed by atoms with Crippen LogP contribution in [0.1, 0.15) is 44.1 Å². The molecule has 6 nitrogen and oxygen atoms in total. The Hall–Kier alpha value is -1.11. The van der Waals surface area contributed by atoms with Crippen LogP contribution < -0.4 is 10.6 Å². The van der Waals surface area contributed by atoms with Crippen molar-refractivity contribution >= 4 is 18.3 Å². The zero-order valence-electron chi connectivity index (χ0n) is 15.3. The molecule has 2 N–H and O–H groups in total. The Labute approximate surface area is 156 Å². The highest BCUT2D eigenvalue weighted by molar-refractivity contribution is 5.85. The Morgan fingerprint density at radius 1 is 1.48 bits per heavy atom. The van der Waals surface area contributed by atoms with Gasteiger partial charge in [-0.25, -0.2) is 0 Å². The Morgan fingerprint density at radius 3 is 2.88 bits per heavy atom. The summed E-state index contributed by atoms with van der Waals surface area (Å²) in [5.74, 6) is 0.397. The third-order valence-corrected chi connectivity index (χ3v) is 5.74. The molecule has 25 heavy (non-hydrogen) atoms. The van der Waals surface area contributed by atoms with Crippen LogP contribution in [0.15, 0.2) is 12.4 Å². The largest absolute Gasteiger partial charge is 0.382 e. The predicted molar refractivity (Wildman–Crippen MR) is 100.0 cm³/mol. The lowest BCUT2D eigenvalue weighted by atomic mass is 9.66. The van der Waals surface area contributed by atoms with Gasteiger partial charge in [-0.15, -0.1) is 12.4 Å². The number of ether oxygens (including phenoxy) is 1. The van der Waals surface area contributed by atoms with Crippen molar-refractivity contribution < 1.29 is 9.53 Å². The van der Waals surface area contributed by atoms with Gasteiger partial charge in [0.25, 0.3) is 0 Å². The summed E-state index contributed by atoms with van der Waals surface area (Å²) in [7, 11) is 1.92. The molecule has 2 aliphatic rings. The normalized spacial score (nSPS) is 24.4. The number of nitrogens with zero attached hydrogens (tertiary/aromatic N) is 2. The first-order valence-electron chi connectivity index (χ1n) is 9.18. The van der Waals surface area contributed by atoms with Crippen molar-refractivity contribution in [3.63, 3.8) is 0 Å². The van der Waals surface area contributed by atoms with Gasteiger partial charge in [-0.1, -0.05) is 6.42 Å². The highest BCUT2D eigenvalue weighted by Crippen LogP contribution is 2.43. The molecule has 1 aromatic rings. The highest BCUT2D eigenvalue weighted by Gasteiger charge is 2.39. The van der Waals surface area contributed by atoms with Crippen LogP contribution in [0.4, 0.5) is 0 Å². The van der Waals surface area contributed by atoms with Crippen molar-refractivity contribution in [3.05, 3.63) is 18.0 Å². The summed E-state index contributed by atoms with van der Waals surface area (Å²) in [6.45, 7) is 5.98. The molecule has 1 aliphatic heterocycles. The lowest BCUT2D eigenvalue weighted by molar-refractivity contribution is -0.125. The van der Waals surface area contributed by atoms with Crippen LogP contribution in [0.5, 0.6) is 0 Å². The van der Waals surface area contributed by atoms with E-state index in [1.54, 1.807) is 4.68 Å². The molecule has 1 saturated heterocycles. The third kappa shape index (κ3) is 4.74. The number of aryl methyl sites for hydroxylation is 1. The minimum Gasteiger partial charge on any atom is -0.382 e. The van der Waals surface area contributed by atoms with Crippen LogP contribution in [0, 0.1) is 11.3 Å². The second-order valence-corrected chi connectivity index (χ2v) is 7.34. The molecule has 0 aromatic carbocycles. The van der Waals surface area contributed by atoms with Gasteiger partial charge >= 0.3 is 0 Å². The number of carbonyl (C=O) groups is 1. The summed E-state index contributed by atoms with van der Waals surface area (Å²) in [6, 6.07) is 0. The van der Waals surface area contributed by atoms with E-state index in [1.165, 1.54) is 19.3 Å². The van der Waals surface area contributed by atoms with Gasteiger partial charge in [0.15, 0.2) is 0 Å². The molecule has 0 bridgehead atoms. The Balaban J connectivity index is 0.00000225. The maximum Gasteiger partial charge on any atom is 0.225 e. The lowest BCUT2D eigenvalue weighted by Crippen LogP contribution is -2.45. The predicted octanol–water partition coefficient (Wildman–Crippen LogP) is 1.86. The molecule has 0 unspecified atom stereocenters. The minimum absolute atomic E-state index is 0. The fourth-order valence-electron chi connectivity index (χ4n) is 3.97. The first-order chi connectivity index (χ1) is 11.6. The number of aromatic nitrogens is 2. The van der Waals surface area contributed by atoms with Gasteiger partial charge in [-0.05, 0) is 37.2 Å². The molecule has 0 radical (unpaired) electrons. The van der Waals surface area contributed by atoms with E-state index >= 15 is 0 Å². The highest BCUT2D eigenvalue weighted by atomic mass is 35.5. The van der Waals surface area contributed by atoms with Crippen LogP contribution in [0.3, 0.4) is 0 Å². The fourth-order valence-corrected chi connectivity index (χ4v) is 3.97. The molecule has 1 amide bonds. The number of rotatable bonds is 8. The number of nitrogens with one attached hydrogen (secondary N) is 2. The average Bonchev–Trinajstić information content (AvgIpc) is 3.17. The van der Waals surface area contributed by atoms with Crippen molar-refractivity contribution in [2.45, 2.75) is 38.5 Å². The summed E-state index contributed by atoms with van der Waals surface area (Å²) >= 11 is 0. The van der Waals surface area contributed by atoms with Gasteiger partial charge in [-0.2, -0.15) is 5.10 Å². The third-order valence-electron chi connectivity index (χ3n) is 5.74. The van der Waals surface area contributed by atoms with E-state index in [9.17, 15) is 4.79 Å². The zero-order chi connectivity index (χ0) is 17.0. The molecular formula is C18H31ClN4O2. The Morgan fingerprint density at radius 2 is 2.28 bits per heavy atom. The van der Waals surface area contributed by atoms with E-state index in [-0.39, 0.29) is 35.6 Å². The second-order valence-electron chi connectivity index (χ2n) is 7.34. The smallest absolute Gasteiger partial charge is 0.225 e. The van der Waals surface area contributed by atoms with Crippen molar-refractivity contribution in [2.24, 2.45) is 18.4 Å². The lowest BCUT2D eigenvalue weighted by Gasteiger charge is -2.42. The van der Waals surface area contributed by atoms with Gasteiger partial charge in [0.05, 0.1) is 12.1 Å². The first kappa shape index (κ1) is 20.2. The van der Waals surface area contributed by atoms with Crippen molar-refractivity contribution in [3.8, 4) is 0 Å². The Bertz CT molecular complexity index is 559. The standard InChI is InChI=1S/C18H30N4O2.ClH/c1-3-24-8-7-18(5-4-6-18)13-20-17(23)16-11-19-10-15(16)14-9-21-22(2)12-14;/h9,12,15-16,19H,3-8,10-11,13H2,1-2H3,(H,20,23);1H/t15-,16+;/m1./s1. The quantitative estimate of drug-likeness (QED) is 0.685. The molecule has 2 fully saturated rings. The van der Waals surface area contributed by atoms with E-state index in [0.29, 0.717) is 0 Å². The molecule has 1 saturated carbocycles. The van der Waals surface area contributed by atoms with Crippen LogP contribution in [0.2, 0.25) is 0 Å². The summed E-state index contributed by atoms with van der Waals surface area (Å²) < 4.78 is 7.32. The van der Waals surface area contributed by atoms with Crippen LogP contribution in [-0.2, 0) is 16.6 Å². The molecule has 1 aromatic heterocycles. The maximum atomic E-state index is 12.7. The van der Waals surface area contributed by atoms with E-state index in [0.717, 1.165) is 44.8 Å². The van der Waals surface area contributed by atoms with Crippen molar-refractivity contribution in [1.29, 1.82) is 0 Å². The Kier molecular flexibility index (Phi) is 7.28. The number of carbonyl (C=O) groups excluding carboxylic acids is 1. The minimum atomic E-state index is -0.00165. The number of hydrogen-bond donors (Lipinski definition) is 2. The van der Waals surface area contributed by atoms with E-state index in [2.05, 4.69) is 15.7 Å². The summed E-state index contributed by atoms with van der Waals surface area (Å²) in [4.78, 5) is 12.7. The van der Waals surface area contributed by atoms with Gasteiger partial charge in [0.1, 0.15) is 0 Å². The topological polar surface area (TPSA) is 68.2 Å². The average molecular weight is 371 g/mol. The zero-order valence-corrected chi connectivity index (χ0v) is 16.1.